The van der Waals surface area contributed by atoms with Crippen molar-refractivity contribution in [3.63, 3.8) is 0 Å². The van der Waals surface area contributed by atoms with Crippen molar-refractivity contribution in [1.82, 2.24) is 15.5 Å². The Kier molecular flexibility index (Phi) is 6.46. The lowest BCUT2D eigenvalue weighted by Crippen LogP contribution is -2.58. The summed E-state index contributed by atoms with van der Waals surface area (Å²) in [4.78, 5) is 28.1. The number of carbonyl (C=O) groups excluding carboxylic acids is 2. The Morgan fingerprint density at radius 2 is 2.00 bits per heavy atom. The fourth-order valence-corrected chi connectivity index (χ4v) is 5.58. The van der Waals surface area contributed by atoms with Crippen LogP contribution in [0.4, 0.5) is 0 Å². The van der Waals surface area contributed by atoms with Gasteiger partial charge in [0.15, 0.2) is 0 Å². The summed E-state index contributed by atoms with van der Waals surface area (Å²) in [7, 11) is 0. The van der Waals surface area contributed by atoms with E-state index in [1.54, 1.807) is 17.0 Å². The van der Waals surface area contributed by atoms with Gasteiger partial charge in [0.2, 0.25) is 11.8 Å². The first-order chi connectivity index (χ1) is 15.0. The van der Waals surface area contributed by atoms with E-state index in [9.17, 15) is 14.7 Å². The number of nitrogens with zero attached hydrogens (tertiary/aromatic N) is 1. The molecule has 31 heavy (non-hydrogen) atoms. The molecule has 1 aromatic rings. The molecule has 0 bridgehead atoms. The van der Waals surface area contributed by atoms with E-state index < -0.39 is 6.04 Å². The zero-order valence-corrected chi connectivity index (χ0v) is 17.9. The van der Waals surface area contributed by atoms with E-state index in [1.807, 2.05) is 0 Å². The largest absolute Gasteiger partial charge is 0.507 e. The van der Waals surface area contributed by atoms with Gasteiger partial charge in [-0.1, -0.05) is 25.3 Å². The number of nitrogen functional groups attached to an aromatic ring is 1. The topological polar surface area (TPSA) is 132 Å². The fraction of sp³-hybridized carbons (Fsp3) is 0.609. The average Bonchev–Trinajstić information content (AvgIpc) is 3.26. The van der Waals surface area contributed by atoms with Crippen LogP contribution >= 0.6 is 0 Å². The number of piperidine rings is 1. The first-order valence-electron chi connectivity index (χ1n) is 11.4. The van der Waals surface area contributed by atoms with Gasteiger partial charge in [0.1, 0.15) is 17.6 Å². The molecule has 2 saturated heterocycles. The number of hydrogen-bond acceptors (Lipinski definition) is 5. The number of fused-ring (bicyclic) bond motifs is 1. The minimum Gasteiger partial charge on any atom is -0.507 e. The molecule has 0 unspecified atom stereocenters. The molecule has 8 heteroatoms. The fourth-order valence-electron chi connectivity index (χ4n) is 5.58. The molecule has 6 N–H and O–H groups in total. The molecule has 1 aromatic carbocycles. The molecule has 0 aromatic heterocycles. The second kappa shape index (κ2) is 9.26. The highest BCUT2D eigenvalue weighted by Gasteiger charge is 2.43. The quantitative estimate of drug-likeness (QED) is 0.358. The lowest BCUT2D eigenvalue weighted by Gasteiger charge is -2.43. The lowest BCUT2D eigenvalue weighted by atomic mass is 9.71. The molecular formula is C23H33N5O3. The Labute approximate surface area is 183 Å². The summed E-state index contributed by atoms with van der Waals surface area (Å²) in [5, 5.41) is 23.8. The summed E-state index contributed by atoms with van der Waals surface area (Å²) in [5.74, 6) is 0.660. The average molecular weight is 428 g/mol. The number of nitrogens with one attached hydrogen (secondary N) is 3. The first-order valence-corrected chi connectivity index (χ1v) is 11.4. The van der Waals surface area contributed by atoms with Gasteiger partial charge in [0.25, 0.3) is 0 Å². The van der Waals surface area contributed by atoms with Gasteiger partial charge >= 0.3 is 0 Å². The van der Waals surface area contributed by atoms with E-state index in [2.05, 4.69) is 10.6 Å². The summed E-state index contributed by atoms with van der Waals surface area (Å²) in [6.07, 6.45) is 7.42. The Morgan fingerprint density at radius 1 is 1.19 bits per heavy atom. The number of rotatable bonds is 5. The lowest BCUT2D eigenvalue weighted by molar-refractivity contribution is -0.142. The van der Waals surface area contributed by atoms with Crippen molar-refractivity contribution in [2.75, 3.05) is 13.1 Å². The van der Waals surface area contributed by atoms with Crippen molar-refractivity contribution in [2.24, 2.45) is 17.6 Å². The van der Waals surface area contributed by atoms with Crippen molar-refractivity contribution >= 4 is 17.6 Å². The Hall–Kier alpha value is -2.61. The number of phenols is 1. The van der Waals surface area contributed by atoms with Gasteiger partial charge in [-0.05, 0) is 61.8 Å². The highest BCUT2D eigenvalue weighted by molar-refractivity contribution is 5.97. The molecule has 3 fully saturated rings. The van der Waals surface area contributed by atoms with Crippen molar-refractivity contribution < 1.29 is 14.7 Å². The summed E-state index contributed by atoms with van der Waals surface area (Å²) in [6, 6.07) is 4.19. The Morgan fingerprint density at radius 3 is 2.77 bits per heavy atom. The van der Waals surface area contributed by atoms with Crippen LogP contribution in [0.5, 0.6) is 5.75 Å². The van der Waals surface area contributed by atoms with Crippen LogP contribution in [0.1, 0.15) is 56.1 Å². The number of carbonyl (C=O) groups is 2. The Balaban J connectivity index is 1.38. The standard InChI is InChI=1S/C23H33N5O3/c24-21(25)17-8-7-14(12-19(17)29)13-27-22(30)18-6-3-11-28(18)23(31)20-16-5-2-1-4-15(16)9-10-26-20/h7-8,12,15-16,18,20,26,29H,1-6,9-11,13H2,(H3,24,25)(H,27,30)/t15-,16-,18+,20-/m1/s1. The maximum atomic E-state index is 13.4. The third kappa shape index (κ3) is 4.54. The monoisotopic (exact) mass is 427 g/mol. The van der Waals surface area contributed by atoms with E-state index in [0.717, 1.165) is 25.8 Å². The molecule has 168 valence electrons. The Bertz CT molecular complexity index is 856. The zero-order chi connectivity index (χ0) is 22.0. The molecular weight excluding hydrogens is 394 g/mol. The van der Waals surface area contributed by atoms with Crippen molar-refractivity contribution in [3.8, 4) is 5.75 Å². The predicted molar refractivity (Wildman–Crippen MR) is 118 cm³/mol. The van der Waals surface area contributed by atoms with E-state index in [4.69, 9.17) is 11.1 Å². The summed E-state index contributed by atoms with van der Waals surface area (Å²) in [5.41, 5.74) is 6.41. The second-order valence-electron chi connectivity index (χ2n) is 9.10. The maximum Gasteiger partial charge on any atom is 0.243 e. The van der Waals surface area contributed by atoms with E-state index in [-0.39, 0.29) is 41.5 Å². The summed E-state index contributed by atoms with van der Waals surface area (Å²) in [6.45, 7) is 1.75. The van der Waals surface area contributed by atoms with Crippen molar-refractivity contribution in [2.45, 2.75) is 63.6 Å². The molecule has 4 atom stereocenters. The highest BCUT2D eigenvalue weighted by atomic mass is 16.3. The first kappa shape index (κ1) is 21.6. The van der Waals surface area contributed by atoms with Crippen molar-refractivity contribution in [1.29, 1.82) is 5.41 Å². The van der Waals surface area contributed by atoms with Crippen molar-refractivity contribution in [3.05, 3.63) is 29.3 Å². The number of phenolic OH excluding ortho intramolecular Hbond substituents is 1. The van der Waals surface area contributed by atoms with Gasteiger partial charge < -0.3 is 26.4 Å². The number of likely N-dealkylation sites (tertiary alicyclic amines) is 1. The van der Waals surface area contributed by atoms with Gasteiger partial charge in [-0.3, -0.25) is 15.0 Å². The van der Waals surface area contributed by atoms with Crippen LogP contribution in [0.2, 0.25) is 0 Å². The number of aromatic hydroxyl groups is 1. The SMILES string of the molecule is N=C(N)c1ccc(CNC(=O)[C@@H]2CCCN2C(=O)[C@@H]2NCC[C@H]3CCCC[C@H]32)cc1O. The van der Waals surface area contributed by atoms with Crippen LogP contribution in [0.25, 0.3) is 0 Å². The molecule has 2 heterocycles. The third-order valence-electron chi connectivity index (χ3n) is 7.20. The van der Waals surface area contributed by atoms with Gasteiger partial charge in [0, 0.05) is 13.1 Å². The summed E-state index contributed by atoms with van der Waals surface area (Å²) >= 11 is 0. The van der Waals surface area contributed by atoms with Gasteiger partial charge in [-0.25, -0.2) is 0 Å². The number of benzene rings is 1. The molecule has 1 aliphatic carbocycles. The van der Waals surface area contributed by atoms with Crippen LogP contribution < -0.4 is 16.4 Å². The molecule has 8 nitrogen and oxygen atoms in total. The molecule has 2 aliphatic heterocycles. The number of hydrogen-bond donors (Lipinski definition) is 5. The van der Waals surface area contributed by atoms with Gasteiger partial charge in [-0.2, -0.15) is 0 Å². The minimum absolute atomic E-state index is 0.0812. The van der Waals surface area contributed by atoms with Crippen LogP contribution in [-0.2, 0) is 16.1 Å². The number of amides is 2. The number of amidine groups is 1. The predicted octanol–water partition coefficient (Wildman–Crippen LogP) is 1.45. The maximum absolute atomic E-state index is 13.4. The number of nitrogens with two attached hydrogens (primary N) is 1. The third-order valence-corrected chi connectivity index (χ3v) is 7.20. The molecule has 0 radical (unpaired) electrons. The second-order valence-corrected chi connectivity index (χ2v) is 9.10. The summed E-state index contributed by atoms with van der Waals surface area (Å²) < 4.78 is 0. The van der Waals surface area contributed by atoms with E-state index in [0.29, 0.717) is 30.4 Å². The minimum atomic E-state index is -0.441. The van der Waals surface area contributed by atoms with E-state index >= 15 is 0 Å². The van der Waals surface area contributed by atoms with Gasteiger partial charge in [0.05, 0.1) is 11.6 Å². The molecule has 1 saturated carbocycles. The van der Waals surface area contributed by atoms with Gasteiger partial charge in [-0.15, -0.1) is 0 Å². The van der Waals surface area contributed by atoms with E-state index in [1.165, 1.54) is 25.3 Å². The molecule has 0 spiro atoms. The molecule has 2 amide bonds. The van der Waals surface area contributed by atoms with Crippen LogP contribution in [0.15, 0.2) is 18.2 Å². The van der Waals surface area contributed by atoms with Crippen LogP contribution in [0.3, 0.4) is 0 Å². The molecule has 4 rings (SSSR count). The highest BCUT2D eigenvalue weighted by Crippen LogP contribution is 2.38. The zero-order valence-electron chi connectivity index (χ0n) is 17.9. The smallest absolute Gasteiger partial charge is 0.243 e. The molecule has 3 aliphatic rings. The van der Waals surface area contributed by atoms with Crippen LogP contribution in [-0.4, -0.2) is 52.8 Å². The normalized spacial score (nSPS) is 28.1. The van der Waals surface area contributed by atoms with Crippen LogP contribution in [0, 0.1) is 17.2 Å².